The van der Waals surface area contributed by atoms with Crippen LogP contribution in [0.3, 0.4) is 0 Å². The van der Waals surface area contributed by atoms with Crippen molar-refractivity contribution in [3.05, 3.63) is 84.3 Å². The first-order valence-corrected chi connectivity index (χ1v) is 9.11. The van der Waals surface area contributed by atoms with Crippen LogP contribution in [0.15, 0.2) is 78.1 Å². The van der Waals surface area contributed by atoms with E-state index in [-0.39, 0.29) is 5.91 Å². The van der Waals surface area contributed by atoms with Gasteiger partial charge in [0.15, 0.2) is 0 Å². The zero-order valence-electron chi connectivity index (χ0n) is 13.8. The smallest absolute Gasteiger partial charge is 0.224 e. The third-order valence-corrected chi connectivity index (χ3v) is 4.58. The SMILES string of the molecule is O=C(CCc1ccccn1)Nc1cccc(CSc2ccccn2)c1. The summed E-state index contributed by atoms with van der Waals surface area (Å²) in [5, 5.41) is 3.95. The second-order valence-electron chi connectivity index (χ2n) is 5.53. The molecule has 5 heteroatoms. The fraction of sp³-hybridized carbons (Fsp3) is 0.150. The van der Waals surface area contributed by atoms with Gasteiger partial charge >= 0.3 is 0 Å². The molecule has 0 unspecified atom stereocenters. The molecule has 3 aromatic rings. The van der Waals surface area contributed by atoms with Crippen molar-refractivity contribution >= 4 is 23.4 Å². The molecule has 126 valence electrons. The predicted molar refractivity (Wildman–Crippen MR) is 101 cm³/mol. The molecule has 1 N–H and O–H groups in total. The Morgan fingerprint density at radius 3 is 2.56 bits per heavy atom. The van der Waals surface area contributed by atoms with E-state index < -0.39 is 0 Å². The minimum atomic E-state index is 0.000169. The quantitative estimate of drug-likeness (QED) is 0.645. The molecule has 1 aromatic carbocycles. The van der Waals surface area contributed by atoms with E-state index >= 15 is 0 Å². The van der Waals surface area contributed by atoms with E-state index in [4.69, 9.17) is 0 Å². The summed E-state index contributed by atoms with van der Waals surface area (Å²) >= 11 is 1.68. The minimum absolute atomic E-state index is 0.000169. The number of benzene rings is 1. The van der Waals surface area contributed by atoms with E-state index in [1.165, 1.54) is 0 Å². The molecular weight excluding hydrogens is 330 g/mol. The first-order valence-electron chi connectivity index (χ1n) is 8.12. The normalized spacial score (nSPS) is 10.4. The van der Waals surface area contributed by atoms with Gasteiger partial charge in [0.25, 0.3) is 0 Å². The summed E-state index contributed by atoms with van der Waals surface area (Å²) in [6.45, 7) is 0. The fourth-order valence-corrected chi connectivity index (χ4v) is 3.14. The van der Waals surface area contributed by atoms with Crippen LogP contribution in [-0.4, -0.2) is 15.9 Å². The van der Waals surface area contributed by atoms with E-state index in [0.29, 0.717) is 12.8 Å². The number of amides is 1. The number of nitrogens with zero attached hydrogens (tertiary/aromatic N) is 2. The van der Waals surface area contributed by atoms with E-state index in [0.717, 1.165) is 27.7 Å². The summed E-state index contributed by atoms with van der Waals surface area (Å²) in [6.07, 6.45) is 4.60. The average molecular weight is 349 g/mol. The van der Waals surface area contributed by atoms with Gasteiger partial charge in [-0.15, -0.1) is 11.8 Å². The largest absolute Gasteiger partial charge is 0.326 e. The number of carbonyl (C=O) groups is 1. The van der Waals surface area contributed by atoms with Crippen molar-refractivity contribution in [3.8, 4) is 0 Å². The molecule has 3 rings (SSSR count). The first kappa shape index (κ1) is 17.2. The molecule has 25 heavy (non-hydrogen) atoms. The van der Waals surface area contributed by atoms with Crippen LogP contribution in [0.25, 0.3) is 0 Å². The number of thioether (sulfide) groups is 1. The molecule has 0 aliphatic rings. The number of pyridine rings is 2. The van der Waals surface area contributed by atoms with Crippen molar-refractivity contribution in [2.24, 2.45) is 0 Å². The maximum absolute atomic E-state index is 12.1. The molecule has 0 bridgehead atoms. The topological polar surface area (TPSA) is 54.9 Å². The number of aryl methyl sites for hydroxylation is 1. The van der Waals surface area contributed by atoms with Crippen LogP contribution in [-0.2, 0) is 17.0 Å². The molecule has 0 aliphatic heterocycles. The van der Waals surface area contributed by atoms with Crippen molar-refractivity contribution in [1.29, 1.82) is 0 Å². The second-order valence-corrected chi connectivity index (χ2v) is 6.52. The highest BCUT2D eigenvalue weighted by molar-refractivity contribution is 7.98. The third-order valence-electron chi connectivity index (χ3n) is 3.57. The number of nitrogens with one attached hydrogen (secondary N) is 1. The van der Waals surface area contributed by atoms with Gasteiger partial charge in [-0.25, -0.2) is 4.98 Å². The molecule has 0 saturated heterocycles. The van der Waals surface area contributed by atoms with Crippen LogP contribution in [0, 0.1) is 0 Å². The van der Waals surface area contributed by atoms with Gasteiger partial charge < -0.3 is 5.32 Å². The lowest BCUT2D eigenvalue weighted by molar-refractivity contribution is -0.116. The average Bonchev–Trinajstić information content (AvgIpc) is 2.67. The summed E-state index contributed by atoms with van der Waals surface area (Å²) in [7, 11) is 0. The Hall–Kier alpha value is -2.66. The summed E-state index contributed by atoms with van der Waals surface area (Å²) in [5.74, 6) is 0.814. The maximum atomic E-state index is 12.1. The molecule has 1 amide bonds. The Kier molecular flexibility index (Phi) is 6.17. The molecule has 4 nitrogen and oxygen atoms in total. The lowest BCUT2D eigenvalue weighted by Gasteiger charge is -2.07. The van der Waals surface area contributed by atoms with E-state index in [1.54, 1.807) is 24.2 Å². The zero-order valence-corrected chi connectivity index (χ0v) is 14.6. The van der Waals surface area contributed by atoms with Crippen molar-refractivity contribution in [2.45, 2.75) is 23.6 Å². The number of rotatable bonds is 7. The summed E-state index contributed by atoms with van der Waals surface area (Å²) in [5.41, 5.74) is 2.90. The number of carbonyl (C=O) groups excluding carboxylic acids is 1. The number of hydrogen-bond acceptors (Lipinski definition) is 4. The van der Waals surface area contributed by atoms with Crippen molar-refractivity contribution < 1.29 is 4.79 Å². The summed E-state index contributed by atoms with van der Waals surface area (Å²) in [4.78, 5) is 20.7. The first-order chi connectivity index (χ1) is 12.3. The van der Waals surface area contributed by atoms with Crippen molar-refractivity contribution in [1.82, 2.24) is 9.97 Å². The minimum Gasteiger partial charge on any atom is -0.326 e. The molecule has 0 spiro atoms. The molecule has 0 aliphatic carbocycles. The Morgan fingerprint density at radius 1 is 0.960 bits per heavy atom. The Labute approximate surface area is 151 Å². The van der Waals surface area contributed by atoms with Crippen LogP contribution in [0.5, 0.6) is 0 Å². The molecule has 2 heterocycles. The molecule has 0 saturated carbocycles. The van der Waals surface area contributed by atoms with Crippen LogP contribution in [0.1, 0.15) is 17.7 Å². The van der Waals surface area contributed by atoms with Gasteiger partial charge in [0.2, 0.25) is 5.91 Å². The second kappa shape index (κ2) is 8.99. The summed E-state index contributed by atoms with van der Waals surface area (Å²) in [6, 6.07) is 19.6. The number of anilines is 1. The number of aromatic nitrogens is 2. The van der Waals surface area contributed by atoms with Crippen LogP contribution >= 0.6 is 11.8 Å². The Balaban J connectivity index is 1.51. The molecule has 0 fully saturated rings. The van der Waals surface area contributed by atoms with Gasteiger partial charge in [-0.2, -0.15) is 0 Å². The lowest BCUT2D eigenvalue weighted by Crippen LogP contribution is -2.12. The highest BCUT2D eigenvalue weighted by atomic mass is 32.2. The van der Waals surface area contributed by atoms with Gasteiger partial charge in [0.1, 0.15) is 0 Å². The molecule has 0 atom stereocenters. The third kappa shape index (κ3) is 5.72. The van der Waals surface area contributed by atoms with Gasteiger partial charge in [-0.05, 0) is 48.4 Å². The Morgan fingerprint density at radius 2 is 1.80 bits per heavy atom. The predicted octanol–water partition coefficient (Wildman–Crippen LogP) is 4.34. The molecule has 0 radical (unpaired) electrons. The van der Waals surface area contributed by atoms with Crippen LogP contribution < -0.4 is 5.32 Å². The van der Waals surface area contributed by atoms with Crippen LogP contribution in [0.4, 0.5) is 5.69 Å². The van der Waals surface area contributed by atoms with Crippen molar-refractivity contribution in [2.75, 3.05) is 5.32 Å². The zero-order chi connectivity index (χ0) is 17.3. The van der Waals surface area contributed by atoms with E-state index in [1.807, 2.05) is 54.6 Å². The number of hydrogen-bond donors (Lipinski definition) is 1. The highest BCUT2D eigenvalue weighted by Crippen LogP contribution is 2.22. The molecular formula is C20H19N3OS. The van der Waals surface area contributed by atoms with Gasteiger partial charge in [0.05, 0.1) is 5.03 Å². The monoisotopic (exact) mass is 349 g/mol. The highest BCUT2D eigenvalue weighted by Gasteiger charge is 2.05. The van der Waals surface area contributed by atoms with Crippen molar-refractivity contribution in [3.63, 3.8) is 0 Å². The Bertz CT molecular complexity index is 809. The van der Waals surface area contributed by atoms with E-state index in [2.05, 4.69) is 21.4 Å². The lowest BCUT2D eigenvalue weighted by atomic mass is 10.2. The van der Waals surface area contributed by atoms with Gasteiger partial charge in [-0.3, -0.25) is 9.78 Å². The standard InChI is InChI=1S/C20H19N3OS/c24-19(11-10-17-7-1-3-12-21-17)23-18-8-5-6-16(14-18)15-25-20-9-2-4-13-22-20/h1-9,12-14H,10-11,15H2,(H,23,24). The maximum Gasteiger partial charge on any atom is 0.224 e. The molecule has 2 aromatic heterocycles. The van der Waals surface area contributed by atoms with Gasteiger partial charge in [0, 0.05) is 35.9 Å². The van der Waals surface area contributed by atoms with Crippen LogP contribution in [0.2, 0.25) is 0 Å². The summed E-state index contributed by atoms with van der Waals surface area (Å²) < 4.78 is 0. The fourth-order valence-electron chi connectivity index (χ4n) is 2.34. The van der Waals surface area contributed by atoms with Gasteiger partial charge in [-0.1, -0.05) is 24.3 Å². The van der Waals surface area contributed by atoms with E-state index in [9.17, 15) is 4.79 Å².